The van der Waals surface area contributed by atoms with Crippen molar-refractivity contribution in [3.05, 3.63) is 65.9 Å². The van der Waals surface area contributed by atoms with Crippen molar-refractivity contribution in [1.29, 1.82) is 0 Å². The number of Topliss-reactive ketones (excluding diaryl/α,β-unsaturated/α-hetero) is 1. The number of hydrogen-bond acceptors (Lipinski definition) is 4. The van der Waals surface area contributed by atoms with E-state index in [1.165, 1.54) is 6.92 Å². The first kappa shape index (κ1) is 19.4. The Balaban J connectivity index is 1.41. The van der Waals surface area contributed by atoms with Crippen molar-refractivity contribution >= 4 is 34.3 Å². The fraction of sp³-hybridized carbons (Fsp3) is 0.227. The molecule has 0 radical (unpaired) electrons. The second kappa shape index (κ2) is 8.99. The van der Waals surface area contributed by atoms with Crippen LogP contribution in [0.2, 0.25) is 0 Å². The number of benzene rings is 2. The maximum Gasteiger partial charge on any atom is 0.306 e. The highest BCUT2D eigenvalue weighted by molar-refractivity contribution is 5.97. The Bertz CT molecular complexity index is 1010. The van der Waals surface area contributed by atoms with Crippen molar-refractivity contribution in [2.24, 2.45) is 0 Å². The fourth-order valence-electron chi connectivity index (χ4n) is 2.99. The van der Waals surface area contributed by atoms with E-state index in [4.69, 9.17) is 4.74 Å². The Kier molecular flexibility index (Phi) is 6.22. The third-order valence-corrected chi connectivity index (χ3v) is 4.42. The van der Waals surface area contributed by atoms with Crippen LogP contribution in [0.15, 0.2) is 54.7 Å². The van der Waals surface area contributed by atoms with Gasteiger partial charge < -0.3 is 15.0 Å². The molecule has 28 heavy (non-hydrogen) atoms. The number of anilines is 1. The standard InChI is InChI=1S/C22H22N2O4/c1-15(25)16-6-4-8-18(12-16)24-21(26)14-28-22(27)11-5-7-17-13-23-20-10-3-2-9-19(17)20/h2-4,6,8-10,12-13,23H,5,7,11,14H2,1H3,(H,24,26). The molecule has 1 aromatic heterocycles. The van der Waals surface area contributed by atoms with Gasteiger partial charge in [-0.1, -0.05) is 30.3 Å². The van der Waals surface area contributed by atoms with Gasteiger partial charge in [0, 0.05) is 34.8 Å². The van der Waals surface area contributed by atoms with Gasteiger partial charge in [-0.2, -0.15) is 0 Å². The summed E-state index contributed by atoms with van der Waals surface area (Å²) in [5.41, 5.74) is 3.23. The number of carbonyl (C=O) groups excluding carboxylic acids is 3. The third-order valence-electron chi connectivity index (χ3n) is 4.42. The zero-order valence-electron chi connectivity index (χ0n) is 15.7. The number of rotatable bonds is 8. The van der Waals surface area contributed by atoms with Crippen molar-refractivity contribution in [3.63, 3.8) is 0 Å². The molecule has 3 aromatic rings. The smallest absolute Gasteiger partial charge is 0.306 e. The summed E-state index contributed by atoms with van der Waals surface area (Å²) >= 11 is 0. The molecule has 0 bridgehead atoms. The van der Waals surface area contributed by atoms with E-state index in [0.29, 0.717) is 17.7 Å². The van der Waals surface area contributed by atoms with Gasteiger partial charge in [0.25, 0.3) is 5.91 Å². The number of fused-ring (bicyclic) bond motifs is 1. The minimum absolute atomic E-state index is 0.0854. The Labute approximate surface area is 162 Å². The number of H-pyrrole nitrogens is 1. The van der Waals surface area contributed by atoms with Crippen molar-refractivity contribution in [1.82, 2.24) is 4.98 Å². The molecule has 0 spiro atoms. The fourth-order valence-corrected chi connectivity index (χ4v) is 2.99. The lowest BCUT2D eigenvalue weighted by Gasteiger charge is -2.07. The molecule has 0 atom stereocenters. The molecule has 2 N–H and O–H groups in total. The van der Waals surface area contributed by atoms with E-state index >= 15 is 0 Å². The Morgan fingerprint density at radius 3 is 2.71 bits per heavy atom. The molecule has 0 saturated heterocycles. The summed E-state index contributed by atoms with van der Waals surface area (Å²) in [7, 11) is 0. The van der Waals surface area contributed by atoms with Crippen LogP contribution >= 0.6 is 0 Å². The Morgan fingerprint density at radius 1 is 1.07 bits per heavy atom. The minimum Gasteiger partial charge on any atom is -0.456 e. The first-order valence-electron chi connectivity index (χ1n) is 9.14. The average Bonchev–Trinajstić information content (AvgIpc) is 3.10. The predicted octanol–water partition coefficient (Wildman–Crippen LogP) is 3.88. The molecule has 0 aliphatic rings. The summed E-state index contributed by atoms with van der Waals surface area (Å²) < 4.78 is 5.03. The van der Waals surface area contributed by atoms with Crippen molar-refractivity contribution in [2.45, 2.75) is 26.2 Å². The molecule has 0 fully saturated rings. The van der Waals surface area contributed by atoms with Crippen LogP contribution in [0.25, 0.3) is 10.9 Å². The molecule has 2 aromatic carbocycles. The summed E-state index contributed by atoms with van der Waals surface area (Å²) in [5, 5.41) is 3.77. The van der Waals surface area contributed by atoms with Gasteiger partial charge in [0.1, 0.15) is 0 Å². The Hall–Kier alpha value is -3.41. The van der Waals surface area contributed by atoms with E-state index in [1.807, 2.05) is 30.5 Å². The van der Waals surface area contributed by atoms with E-state index in [2.05, 4.69) is 10.3 Å². The van der Waals surface area contributed by atoms with E-state index in [-0.39, 0.29) is 18.8 Å². The summed E-state index contributed by atoms with van der Waals surface area (Å²) in [6.45, 7) is 1.11. The SMILES string of the molecule is CC(=O)c1cccc(NC(=O)COC(=O)CCCc2c[nH]c3ccccc23)c1. The molecular weight excluding hydrogens is 356 g/mol. The summed E-state index contributed by atoms with van der Waals surface area (Å²) in [6.07, 6.45) is 3.59. The summed E-state index contributed by atoms with van der Waals surface area (Å²) in [4.78, 5) is 38.4. The van der Waals surface area contributed by atoms with Crippen LogP contribution in [-0.4, -0.2) is 29.3 Å². The average molecular weight is 378 g/mol. The number of ether oxygens (including phenoxy) is 1. The molecular formula is C22H22N2O4. The second-order valence-corrected chi connectivity index (χ2v) is 6.56. The van der Waals surface area contributed by atoms with Gasteiger partial charge in [0.2, 0.25) is 0 Å². The van der Waals surface area contributed by atoms with Gasteiger partial charge in [0.15, 0.2) is 12.4 Å². The van der Waals surface area contributed by atoms with Crippen LogP contribution in [0.5, 0.6) is 0 Å². The molecule has 3 rings (SSSR count). The molecule has 0 saturated carbocycles. The minimum atomic E-state index is -0.439. The molecule has 1 heterocycles. The first-order valence-corrected chi connectivity index (χ1v) is 9.14. The molecule has 144 valence electrons. The largest absolute Gasteiger partial charge is 0.456 e. The van der Waals surface area contributed by atoms with Crippen LogP contribution in [0.4, 0.5) is 5.69 Å². The zero-order chi connectivity index (χ0) is 19.9. The van der Waals surface area contributed by atoms with Crippen LogP contribution in [0.3, 0.4) is 0 Å². The van der Waals surface area contributed by atoms with Crippen LogP contribution in [0, 0.1) is 0 Å². The highest BCUT2D eigenvalue weighted by Gasteiger charge is 2.10. The number of amides is 1. The van der Waals surface area contributed by atoms with Crippen molar-refractivity contribution in [2.75, 3.05) is 11.9 Å². The maximum atomic E-state index is 11.9. The number of esters is 1. The lowest BCUT2D eigenvalue weighted by Crippen LogP contribution is -2.21. The van der Waals surface area contributed by atoms with Gasteiger partial charge in [-0.25, -0.2) is 0 Å². The van der Waals surface area contributed by atoms with Gasteiger partial charge in [0.05, 0.1) is 0 Å². The van der Waals surface area contributed by atoms with Crippen LogP contribution in [-0.2, 0) is 20.7 Å². The number of para-hydroxylation sites is 1. The first-order chi connectivity index (χ1) is 13.5. The van der Waals surface area contributed by atoms with E-state index in [0.717, 1.165) is 22.9 Å². The zero-order valence-corrected chi connectivity index (χ0v) is 15.7. The lowest BCUT2D eigenvalue weighted by atomic mass is 10.1. The van der Waals surface area contributed by atoms with E-state index in [9.17, 15) is 14.4 Å². The molecule has 6 heteroatoms. The third kappa shape index (κ3) is 5.07. The highest BCUT2D eigenvalue weighted by Crippen LogP contribution is 2.19. The predicted molar refractivity (Wildman–Crippen MR) is 107 cm³/mol. The molecule has 1 amide bonds. The van der Waals surface area contributed by atoms with Crippen LogP contribution in [0.1, 0.15) is 35.7 Å². The van der Waals surface area contributed by atoms with Gasteiger partial charge in [-0.15, -0.1) is 0 Å². The van der Waals surface area contributed by atoms with Crippen molar-refractivity contribution < 1.29 is 19.1 Å². The number of carbonyl (C=O) groups is 3. The van der Waals surface area contributed by atoms with Crippen LogP contribution < -0.4 is 5.32 Å². The molecule has 0 unspecified atom stereocenters. The van der Waals surface area contributed by atoms with Gasteiger partial charge >= 0.3 is 5.97 Å². The normalized spacial score (nSPS) is 10.6. The summed E-state index contributed by atoms with van der Waals surface area (Å²) in [6, 6.07) is 14.6. The summed E-state index contributed by atoms with van der Waals surface area (Å²) in [5.74, 6) is -0.934. The molecule has 0 aliphatic heterocycles. The van der Waals surface area contributed by atoms with Crippen molar-refractivity contribution in [3.8, 4) is 0 Å². The molecule has 0 aliphatic carbocycles. The lowest BCUT2D eigenvalue weighted by molar-refractivity contribution is -0.147. The maximum absolute atomic E-state index is 11.9. The monoisotopic (exact) mass is 378 g/mol. The Morgan fingerprint density at radius 2 is 1.89 bits per heavy atom. The quantitative estimate of drug-likeness (QED) is 0.460. The number of nitrogens with one attached hydrogen (secondary N) is 2. The highest BCUT2D eigenvalue weighted by atomic mass is 16.5. The topological polar surface area (TPSA) is 88.3 Å². The van der Waals surface area contributed by atoms with Gasteiger partial charge in [-0.05, 0) is 43.5 Å². The number of aryl methyl sites for hydroxylation is 1. The second-order valence-electron chi connectivity index (χ2n) is 6.56. The number of aromatic nitrogens is 1. The van der Waals surface area contributed by atoms with E-state index in [1.54, 1.807) is 24.3 Å². The van der Waals surface area contributed by atoms with E-state index < -0.39 is 11.9 Å². The number of hydrogen-bond donors (Lipinski definition) is 2. The number of ketones is 1. The number of aromatic amines is 1. The molecule has 6 nitrogen and oxygen atoms in total. The van der Waals surface area contributed by atoms with Gasteiger partial charge in [-0.3, -0.25) is 14.4 Å².